The Morgan fingerprint density at radius 1 is 1.12 bits per heavy atom. The third kappa shape index (κ3) is 7.03. The first kappa shape index (κ1) is 29.6. The van der Waals surface area contributed by atoms with Crippen LogP contribution < -0.4 is 10.9 Å². The molecule has 1 amide bonds. The van der Waals surface area contributed by atoms with Crippen molar-refractivity contribution in [2.24, 2.45) is 5.92 Å². The fourth-order valence-electron chi connectivity index (χ4n) is 5.22. The number of carboxylic acids is 1. The molecule has 3 aromatic rings. The largest absolute Gasteiger partial charge is 0.481 e. The Kier molecular flexibility index (Phi) is 8.90. The van der Waals surface area contributed by atoms with Gasteiger partial charge in [-0.05, 0) is 65.4 Å². The molecule has 214 valence electrons. The Hall–Kier alpha value is -3.37. The van der Waals surface area contributed by atoms with Crippen molar-refractivity contribution in [3.63, 3.8) is 0 Å². The summed E-state index contributed by atoms with van der Waals surface area (Å²) in [4.78, 5) is 40.9. The van der Waals surface area contributed by atoms with E-state index in [-0.39, 0.29) is 37.5 Å². The van der Waals surface area contributed by atoms with E-state index in [4.69, 9.17) is 0 Å². The molecule has 4 rings (SSSR count). The summed E-state index contributed by atoms with van der Waals surface area (Å²) in [6.45, 7) is 7.46. The zero-order valence-corrected chi connectivity index (χ0v) is 23.9. The van der Waals surface area contributed by atoms with Crippen LogP contribution in [0.15, 0.2) is 52.8 Å². The van der Waals surface area contributed by atoms with Crippen LogP contribution in [0.2, 0.25) is 0 Å². The van der Waals surface area contributed by atoms with Crippen molar-refractivity contribution in [1.82, 2.24) is 14.8 Å². The second-order valence-corrected chi connectivity index (χ2v) is 12.0. The molecule has 0 aliphatic carbocycles. The Morgan fingerprint density at radius 3 is 2.40 bits per heavy atom. The average Bonchev–Trinajstić information content (AvgIpc) is 3.31. The molecule has 3 heterocycles. The third-order valence-electron chi connectivity index (χ3n) is 7.09. The topological polar surface area (TPSA) is 91.6 Å². The second kappa shape index (κ2) is 12.0. The van der Waals surface area contributed by atoms with E-state index < -0.39 is 29.9 Å². The van der Waals surface area contributed by atoms with Crippen LogP contribution in [-0.4, -0.2) is 45.5 Å². The lowest BCUT2D eigenvalue weighted by Crippen LogP contribution is -2.55. The molecule has 0 spiro atoms. The van der Waals surface area contributed by atoms with E-state index in [1.54, 1.807) is 17.2 Å². The van der Waals surface area contributed by atoms with Crippen molar-refractivity contribution in [3.8, 4) is 10.4 Å². The maximum absolute atomic E-state index is 13.7. The van der Waals surface area contributed by atoms with E-state index in [9.17, 15) is 28.3 Å². The number of nitrogens with zero attached hydrogens (tertiary/aromatic N) is 2. The minimum Gasteiger partial charge on any atom is -0.481 e. The number of pyridine rings is 1. The summed E-state index contributed by atoms with van der Waals surface area (Å²) in [7, 11) is 0. The number of hydrogen-bond acceptors (Lipinski definition) is 5. The quantitative estimate of drug-likeness (QED) is 0.314. The number of amides is 1. The van der Waals surface area contributed by atoms with Crippen molar-refractivity contribution >= 4 is 23.2 Å². The number of halogens is 2. The molecular formula is C30H35F2N3O4S. The van der Waals surface area contributed by atoms with Crippen molar-refractivity contribution in [1.29, 1.82) is 0 Å². The van der Waals surface area contributed by atoms with Crippen LogP contribution in [0.3, 0.4) is 0 Å². The highest BCUT2D eigenvalue weighted by Crippen LogP contribution is 2.35. The molecule has 10 heteroatoms. The highest BCUT2D eigenvalue weighted by atomic mass is 32.1. The molecule has 2 aromatic heterocycles. The number of alkyl halides is 2. The number of carbonyl (C=O) groups is 2. The van der Waals surface area contributed by atoms with Gasteiger partial charge in [-0.25, -0.2) is 8.78 Å². The predicted octanol–water partition coefficient (Wildman–Crippen LogP) is 5.56. The van der Waals surface area contributed by atoms with E-state index in [0.29, 0.717) is 17.5 Å². The van der Waals surface area contributed by atoms with E-state index in [1.165, 1.54) is 22.0 Å². The van der Waals surface area contributed by atoms with Crippen LogP contribution >= 0.6 is 11.3 Å². The van der Waals surface area contributed by atoms with Crippen LogP contribution in [0.5, 0.6) is 0 Å². The van der Waals surface area contributed by atoms with Crippen LogP contribution in [0.4, 0.5) is 8.78 Å². The zero-order chi connectivity index (χ0) is 29.2. The Balaban J connectivity index is 1.60. The average molecular weight is 572 g/mol. The molecule has 40 heavy (non-hydrogen) atoms. The summed E-state index contributed by atoms with van der Waals surface area (Å²) in [5.74, 6) is -4.17. The van der Waals surface area contributed by atoms with Gasteiger partial charge < -0.3 is 15.0 Å². The zero-order valence-electron chi connectivity index (χ0n) is 23.1. The summed E-state index contributed by atoms with van der Waals surface area (Å²) in [6.07, 6.45) is 1.58. The minimum absolute atomic E-state index is 0.0510. The first-order chi connectivity index (χ1) is 18.8. The van der Waals surface area contributed by atoms with Gasteiger partial charge >= 0.3 is 5.97 Å². The monoisotopic (exact) mass is 571 g/mol. The normalized spacial score (nSPS) is 16.4. The molecule has 0 bridgehead atoms. The summed E-state index contributed by atoms with van der Waals surface area (Å²) >= 11 is 1.49. The van der Waals surface area contributed by atoms with Gasteiger partial charge in [-0.15, -0.1) is 11.3 Å². The molecule has 1 fully saturated rings. The number of hydrogen-bond donors (Lipinski definition) is 2. The number of thiophene rings is 1. The molecule has 0 radical (unpaired) electrons. The summed E-state index contributed by atoms with van der Waals surface area (Å²) in [5.41, 5.74) is 4.23. The summed E-state index contributed by atoms with van der Waals surface area (Å²) in [5, 5.41) is 14.4. The van der Waals surface area contributed by atoms with E-state index >= 15 is 0 Å². The molecule has 2 N–H and O–H groups in total. The number of benzene rings is 1. The van der Waals surface area contributed by atoms with Gasteiger partial charge in [0.15, 0.2) is 0 Å². The van der Waals surface area contributed by atoms with Gasteiger partial charge in [-0.2, -0.15) is 0 Å². The summed E-state index contributed by atoms with van der Waals surface area (Å²) < 4.78 is 28.0. The lowest BCUT2D eigenvalue weighted by Gasteiger charge is -2.38. The van der Waals surface area contributed by atoms with Crippen LogP contribution in [0.25, 0.3) is 10.4 Å². The molecule has 1 saturated heterocycles. The molecule has 1 aliphatic heterocycles. The van der Waals surface area contributed by atoms with E-state index in [2.05, 4.69) is 5.32 Å². The molecule has 2 atom stereocenters. The smallest absolute Gasteiger partial charge is 0.305 e. The number of aryl methyl sites for hydroxylation is 2. The number of rotatable bonds is 11. The van der Waals surface area contributed by atoms with E-state index in [1.807, 2.05) is 57.3 Å². The van der Waals surface area contributed by atoms with Crippen molar-refractivity contribution in [2.75, 3.05) is 13.1 Å². The van der Waals surface area contributed by atoms with Crippen LogP contribution in [0.1, 0.15) is 61.0 Å². The number of likely N-dealkylation sites (tertiary alicyclic amines) is 1. The van der Waals surface area contributed by atoms with Crippen molar-refractivity contribution in [3.05, 3.63) is 80.6 Å². The number of nitrogens with one attached hydrogen (secondary N) is 1. The highest BCUT2D eigenvalue weighted by Gasteiger charge is 2.43. The number of aliphatic carboxylic acids is 1. The SMILES string of the molecule is Cc1cccc(C)c1-c1cc([C@H](CC(=O)O)NC(=O)[C@H](CC(C)C)n2cc(CN3CC(F)(F)C3)ccc2=O)cs1. The first-order valence-electron chi connectivity index (χ1n) is 13.3. The van der Waals surface area contributed by atoms with Gasteiger partial charge in [-0.3, -0.25) is 19.3 Å². The summed E-state index contributed by atoms with van der Waals surface area (Å²) in [6, 6.07) is 9.20. The molecule has 0 unspecified atom stereocenters. The van der Waals surface area contributed by atoms with Gasteiger partial charge in [0.1, 0.15) is 6.04 Å². The number of aromatic nitrogens is 1. The fourth-order valence-corrected chi connectivity index (χ4v) is 6.36. The standard InChI is InChI=1S/C30H35F2N3O4S/c1-18(2)10-24(35-14-21(8-9-26(35)36)13-34-16-30(31,32)17-34)29(39)33-23(12-27(37)38)22-11-25(40-15-22)28-19(3)6-5-7-20(28)4/h5-9,11,14-15,18,23-24H,10,12-13,16-17H2,1-4H3,(H,33,39)(H,37,38)/t23-,24-/m0/s1. The molecule has 7 nitrogen and oxygen atoms in total. The predicted molar refractivity (Wildman–Crippen MR) is 152 cm³/mol. The first-order valence-corrected chi connectivity index (χ1v) is 14.2. The number of carbonyl (C=O) groups excluding carboxylic acids is 1. The lowest BCUT2D eigenvalue weighted by atomic mass is 9.98. The van der Waals surface area contributed by atoms with Crippen LogP contribution in [-0.2, 0) is 16.1 Å². The molecular weight excluding hydrogens is 536 g/mol. The Bertz CT molecular complexity index is 1420. The van der Waals surface area contributed by atoms with E-state index in [0.717, 1.165) is 21.6 Å². The maximum Gasteiger partial charge on any atom is 0.305 e. The van der Waals surface area contributed by atoms with Gasteiger partial charge in [0, 0.05) is 23.7 Å². The van der Waals surface area contributed by atoms with Crippen molar-refractivity contribution in [2.45, 2.75) is 65.1 Å². The van der Waals surface area contributed by atoms with Crippen molar-refractivity contribution < 1.29 is 23.5 Å². The van der Waals surface area contributed by atoms with Gasteiger partial charge in [-0.1, -0.05) is 38.1 Å². The highest BCUT2D eigenvalue weighted by molar-refractivity contribution is 7.13. The molecule has 1 aliphatic rings. The lowest BCUT2D eigenvalue weighted by molar-refractivity contribution is -0.138. The third-order valence-corrected chi connectivity index (χ3v) is 8.06. The van der Waals surface area contributed by atoms with Crippen LogP contribution in [0, 0.1) is 19.8 Å². The number of carboxylic acid groups (broad SMARTS) is 1. The minimum atomic E-state index is -2.70. The van der Waals surface area contributed by atoms with Gasteiger partial charge in [0.2, 0.25) is 5.91 Å². The molecule has 0 saturated carbocycles. The van der Waals surface area contributed by atoms with Gasteiger partial charge in [0.25, 0.3) is 11.5 Å². The Morgan fingerprint density at radius 2 is 1.80 bits per heavy atom. The fraction of sp³-hybridized carbons (Fsp3) is 0.433. The second-order valence-electron chi connectivity index (χ2n) is 11.1. The Labute approximate surface area is 236 Å². The molecule has 1 aromatic carbocycles. The maximum atomic E-state index is 13.7. The van der Waals surface area contributed by atoms with Gasteiger partial charge in [0.05, 0.1) is 25.6 Å².